The fourth-order valence-corrected chi connectivity index (χ4v) is 3.38. The van der Waals surface area contributed by atoms with Gasteiger partial charge in [-0.25, -0.2) is 0 Å². The number of Topliss-reactive ketones (excluding diaryl/α,β-unsaturated/α-hetero) is 2. The van der Waals surface area contributed by atoms with Gasteiger partial charge in [0.15, 0.2) is 17.5 Å². The van der Waals surface area contributed by atoms with E-state index in [0.717, 1.165) is 0 Å². The third-order valence-electron chi connectivity index (χ3n) is 4.65. The monoisotopic (exact) mass is 312 g/mol. The van der Waals surface area contributed by atoms with Crippen LogP contribution in [0.15, 0.2) is 0 Å². The lowest BCUT2D eigenvalue weighted by molar-refractivity contribution is -0.534. The number of amides is 1. The van der Waals surface area contributed by atoms with Gasteiger partial charge in [-0.2, -0.15) is 0 Å². The molecule has 1 aliphatic carbocycles. The molecular formula is C14H20N2O6. The zero-order valence-corrected chi connectivity index (χ0v) is 12.6. The number of rotatable bonds is 3. The van der Waals surface area contributed by atoms with Gasteiger partial charge >= 0.3 is 0 Å². The van der Waals surface area contributed by atoms with E-state index in [2.05, 4.69) is 0 Å². The van der Waals surface area contributed by atoms with Crippen LogP contribution in [0.1, 0.15) is 26.2 Å². The van der Waals surface area contributed by atoms with E-state index in [9.17, 15) is 29.6 Å². The number of hydrogen-bond donors (Lipinski definition) is 1. The molecule has 0 aromatic rings. The summed E-state index contributed by atoms with van der Waals surface area (Å²) in [6.07, 6.45) is -0.551. The third kappa shape index (κ3) is 2.87. The number of carbonyl (C=O) groups is 3. The minimum Gasteiger partial charge on any atom is -0.393 e. The highest BCUT2D eigenvalue weighted by molar-refractivity contribution is 6.21. The maximum Gasteiger partial charge on any atom is 0.240 e. The van der Waals surface area contributed by atoms with Crippen molar-refractivity contribution in [2.75, 3.05) is 13.6 Å². The second-order valence-corrected chi connectivity index (χ2v) is 6.28. The molecule has 0 spiro atoms. The lowest BCUT2D eigenvalue weighted by atomic mass is 9.73. The molecule has 1 aliphatic heterocycles. The Balaban J connectivity index is 2.26. The van der Waals surface area contributed by atoms with Gasteiger partial charge in [-0.15, -0.1) is 0 Å². The fraction of sp³-hybridized carbons (Fsp3) is 0.786. The molecule has 0 radical (unpaired) electrons. The first-order chi connectivity index (χ1) is 10.2. The second-order valence-electron chi connectivity index (χ2n) is 6.28. The first-order valence-electron chi connectivity index (χ1n) is 7.38. The Labute approximate surface area is 127 Å². The van der Waals surface area contributed by atoms with Crippen LogP contribution in [0.2, 0.25) is 0 Å². The van der Waals surface area contributed by atoms with Crippen LogP contribution in [0.3, 0.4) is 0 Å². The first-order valence-corrected chi connectivity index (χ1v) is 7.38. The van der Waals surface area contributed by atoms with Crippen LogP contribution in [0.5, 0.6) is 0 Å². The van der Waals surface area contributed by atoms with Crippen molar-refractivity contribution in [1.29, 1.82) is 0 Å². The summed E-state index contributed by atoms with van der Waals surface area (Å²) in [6, 6.07) is -1.24. The fourth-order valence-electron chi connectivity index (χ4n) is 3.38. The van der Waals surface area contributed by atoms with Crippen molar-refractivity contribution in [3.8, 4) is 0 Å². The molecule has 5 atom stereocenters. The summed E-state index contributed by atoms with van der Waals surface area (Å²) >= 11 is 0. The number of likely N-dealkylation sites (tertiary alicyclic amines) is 1. The van der Waals surface area contributed by atoms with Gasteiger partial charge in [0.25, 0.3) is 0 Å². The number of hydrogen-bond acceptors (Lipinski definition) is 6. The van der Waals surface area contributed by atoms with Crippen molar-refractivity contribution in [3.63, 3.8) is 0 Å². The van der Waals surface area contributed by atoms with E-state index in [1.165, 1.54) is 11.9 Å². The number of carbonyl (C=O) groups excluding carboxylic acids is 3. The number of ketones is 2. The van der Waals surface area contributed by atoms with Gasteiger partial charge in [-0.05, 0) is 12.8 Å². The van der Waals surface area contributed by atoms with Crippen LogP contribution in [0.25, 0.3) is 0 Å². The van der Waals surface area contributed by atoms with E-state index in [-0.39, 0.29) is 25.8 Å². The maximum atomic E-state index is 12.6. The molecule has 1 N–H and O–H groups in total. The molecule has 8 heteroatoms. The first kappa shape index (κ1) is 16.5. The zero-order valence-electron chi connectivity index (χ0n) is 12.6. The molecule has 2 aliphatic rings. The minimum atomic E-state index is -1.43. The van der Waals surface area contributed by atoms with Crippen LogP contribution in [0, 0.1) is 27.9 Å². The third-order valence-corrected chi connectivity index (χ3v) is 4.65. The summed E-state index contributed by atoms with van der Waals surface area (Å²) in [5.74, 6) is -4.59. The van der Waals surface area contributed by atoms with Gasteiger partial charge in [0.1, 0.15) is 0 Å². The average molecular weight is 312 g/mol. The second kappa shape index (κ2) is 6.12. The van der Waals surface area contributed by atoms with Gasteiger partial charge in [-0.1, -0.05) is 6.92 Å². The largest absolute Gasteiger partial charge is 0.393 e. The molecule has 1 saturated heterocycles. The van der Waals surface area contributed by atoms with Gasteiger partial charge in [0, 0.05) is 30.9 Å². The lowest BCUT2D eigenvalue weighted by Gasteiger charge is -2.35. The maximum absolute atomic E-state index is 12.6. The van der Waals surface area contributed by atoms with Crippen LogP contribution in [-0.2, 0) is 14.4 Å². The normalized spacial score (nSPS) is 36.3. The molecule has 0 aromatic heterocycles. The Morgan fingerprint density at radius 1 is 1.36 bits per heavy atom. The Bertz CT molecular complexity index is 499. The number of aliphatic hydroxyl groups is 1. The average Bonchev–Trinajstić information content (AvgIpc) is 2.45. The Morgan fingerprint density at radius 2 is 2.00 bits per heavy atom. The van der Waals surface area contributed by atoms with E-state index in [0.29, 0.717) is 0 Å². The van der Waals surface area contributed by atoms with E-state index in [1.54, 1.807) is 6.92 Å². The SMILES string of the molecule is CC1CN(C)C(=O)C(C(=O)C2CCC(O)CC2[N+](=O)[O-])C1=O. The predicted molar refractivity (Wildman–Crippen MR) is 74.4 cm³/mol. The highest BCUT2D eigenvalue weighted by Crippen LogP contribution is 2.32. The number of aliphatic hydroxyl groups excluding tert-OH is 1. The van der Waals surface area contributed by atoms with Crippen LogP contribution in [-0.4, -0.2) is 58.1 Å². The predicted octanol–water partition coefficient (Wildman–Crippen LogP) is -0.345. The molecule has 22 heavy (non-hydrogen) atoms. The topological polar surface area (TPSA) is 118 Å². The van der Waals surface area contributed by atoms with E-state index >= 15 is 0 Å². The molecule has 2 rings (SSSR count). The molecule has 5 unspecified atom stereocenters. The van der Waals surface area contributed by atoms with Gasteiger partial charge in [0.2, 0.25) is 11.9 Å². The lowest BCUT2D eigenvalue weighted by Crippen LogP contribution is -2.55. The molecular weight excluding hydrogens is 292 g/mol. The highest BCUT2D eigenvalue weighted by atomic mass is 16.6. The minimum absolute atomic E-state index is 0.121. The summed E-state index contributed by atoms with van der Waals surface area (Å²) in [4.78, 5) is 48.9. The Morgan fingerprint density at radius 3 is 2.59 bits per heavy atom. The van der Waals surface area contributed by atoms with Gasteiger partial charge in [-0.3, -0.25) is 24.5 Å². The van der Waals surface area contributed by atoms with E-state index in [4.69, 9.17) is 0 Å². The number of nitrogens with zero attached hydrogens (tertiary/aromatic N) is 2. The number of nitro groups is 1. The summed E-state index contributed by atoms with van der Waals surface area (Å²) < 4.78 is 0. The molecule has 0 bridgehead atoms. The van der Waals surface area contributed by atoms with Crippen LogP contribution < -0.4 is 0 Å². The van der Waals surface area contributed by atoms with Crippen molar-refractivity contribution < 1.29 is 24.4 Å². The van der Waals surface area contributed by atoms with Crippen LogP contribution in [0.4, 0.5) is 0 Å². The van der Waals surface area contributed by atoms with Gasteiger partial charge in [0.05, 0.1) is 12.0 Å². The highest BCUT2D eigenvalue weighted by Gasteiger charge is 2.50. The van der Waals surface area contributed by atoms with Crippen molar-refractivity contribution >= 4 is 17.5 Å². The number of piperidine rings is 1. The standard InChI is InChI=1S/C14H20N2O6/c1-7-6-15(2)14(20)11(12(7)18)13(19)9-4-3-8(17)5-10(9)16(21)22/h7-11,17H,3-6H2,1-2H3. The molecule has 1 amide bonds. The van der Waals surface area contributed by atoms with Crippen molar-refractivity contribution in [2.24, 2.45) is 17.8 Å². The molecule has 8 nitrogen and oxygen atoms in total. The van der Waals surface area contributed by atoms with Crippen LogP contribution >= 0.6 is 0 Å². The summed E-state index contributed by atoms with van der Waals surface area (Å²) in [6.45, 7) is 1.89. The van der Waals surface area contributed by atoms with Crippen molar-refractivity contribution in [2.45, 2.75) is 38.3 Å². The van der Waals surface area contributed by atoms with E-state index in [1.807, 2.05) is 0 Å². The molecule has 0 aromatic carbocycles. The Hall–Kier alpha value is -1.83. The Kier molecular flexibility index (Phi) is 4.60. The summed E-state index contributed by atoms with van der Waals surface area (Å²) in [7, 11) is 1.52. The van der Waals surface area contributed by atoms with Crippen molar-refractivity contribution in [1.82, 2.24) is 4.90 Å². The van der Waals surface area contributed by atoms with E-state index < -0.39 is 52.3 Å². The molecule has 2 fully saturated rings. The molecule has 122 valence electrons. The van der Waals surface area contributed by atoms with Crippen molar-refractivity contribution in [3.05, 3.63) is 10.1 Å². The summed E-state index contributed by atoms with van der Waals surface area (Å²) in [5, 5.41) is 20.7. The van der Waals surface area contributed by atoms with Gasteiger partial charge < -0.3 is 10.0 Å². The quantitative estimate of drug-likeness (QED) is 0.432. The molecule has 1 heterocycles. The smallest absolute Gasteiger partial charge is 0.240 e. The summed E-state index contributed by atoms with van der Waals surface area (Å²) in [5.41, 5.74) is 0. The molecule has 1 saturated carbocycles. The zero-order chi connectivity index (χ0) is 16.6.